The lowest BCUT2D eigenvalue weighted by molar-refractivity contribution is 0.299. The van der Waals surface area contributed by atoms with Gasteiger partial charge in [-0.2, -0.15) is 0 Å². The number of ether oxygens (including phenoxy) is 1. The summed E-state index contributed by atoms with van der Waals surface area (Å²) in [6, 6.07) is 20.0. The number of allylic oxidation sites excluding steroid dienone is 16. The molecular formula is C64H78N2O2. The maximum atomic E-state index is 7.26. The minimum atomic E-state index is 0.423. The third kappa shape index (κ3) is 11.5. The van der Waals surface area contributed by atoms with Crippen molar-refractivity contribution >= 4 is 39.7 Å². The Balaban J connectivity index is 1.33. The Labute approximate surface area is 410 Å². The van der Waals surface area contributed by atoms with E-state index in [1.165, 1.54) is 94.9 Å². The molecule has 0 amide bonds. The van der Waals surface area contributed by atoms with Crippen molar-refractivity contribution in [3.05, 3.63) is 195 Å². The highest BCUT2D eigenvalue weighted by Gasteiger charge is 2.28. The van der Waals surface area contributed by atoms with Gasteiger partial charge < -0.3 is 19.4 Å². The number of rotatable bonds is 17. The average Bonchev–Trinajstić information content (AvgIpc) is 3.94. The molecule has 1 saturated carbocycles. The molecule has 4 heteroatoms. The number of anilines is 3. The van der Waals surface area contributed by atoms with Gasteiger partial charge >= 0.3 is 0 Å². The van der Waals surface area contributed by atoms with Crippen molar-refractivity contribution in [3.63, 3.8) is 0 Å². The SMILES string of the molecule is C\C=C/C(C)=C(O/C(C)=C(/C=C\CC)N(C1=C(\C)Cc2c(C)ccc(Nc3cccc4c5c(oc34)C(C(C)CCCCC)=CC=CC5)c2/C=C\C/C=C\1)c1cccc(C)c1)\C(=C/C)C1CCCC1. The van der Waals surface area contributed by atoms with Crippen molar-refractivity contribution in [1.82, 2.24) is 0 Å². The van der Waals surface area contributed by atoms with Crippen LogP contribution in [0.1, 0.15) is 153 Å². The van der Waals surface area contributed by atoms with E-state index in [9.17, 15) is 0 Å². The van der Waals surface area contributed by atoms with Gasteiger partial charge in [-0.05, 0) is 181 Å². The maximum Gasteiger partial charge on any atom is 0.158 e. The molecule has 1 fully saturated rings. The number of benzene rings is 3. The van der Waals surface area contributed by atoms with E-state index < -0.39 is 0 Å². The Morgan fingerprint density at radius 2 is 1.69 bits per heavy atom. The third-order valence-corrected chi connectivity index (χ3v) is 14.2. The van der Waals surface area contributed by atoms with Crippen molar-refractivity contribution in [1.29, 1.82) is 0 Å². The fourth-order valence-corrected chi connectivity index (χ4v) is 10.5. The molecule has 0 saturated heterocycles. The lowest BCUT2D eigenvalue weighted by Gasteiger charge is -2.32. The number of para-hydroxylation sites is 1. The van der Waals surface area contributed by atoms with Crippen LogP contribution in [-0.4, -0.2) is 0 Å². The second-order valence-electron chi connectivity index (χ2n) is 19.3. The Hall–Kier alpha value is -6.00. The molecule has 0 radical (unpaired) electrons. The van der Waals surface area contributed by atoms with Gasteiger partial charge in [0.15, 0.2) is 5.58 Å². The van der Waals surface area contributed by atoms with Crippen molar-refractivity contribution in [2.24, 2.45) is 11.8 Å². The number of hydrogen-bond acceptors (Lipinski definition) is 4. The number of hydrogen-bond donors (Lipinski definition) is 1. The predicted octanol–water partition coefficient (Wildman–Crippen LogP) is 19.0. The molecular weight excluding hydrogens is 829 g/mol. The summed E-state index contributed by atoms with van der Waals surface area (Å²) in [6.07, 6.45) is 40.4. The quantitative estimate of drug-likeness (QED) is 0.0651. The summed E-state index contributed by atoms with van der Waals surface area (Å²) in [5, 5.41) is 5.12. The fraction of sp³-hybridized carbons (Fsp3) is 0.375. The molecule has 356 valence electrons. The molecule has 4 aromatic rings. The van der Waals surface area contributed by atoms with Crippen LogP contribution in [0.3, 0.4) is 0 Å². The standard InChI is InChI=1S/C64H78N2O2/c1-11-15-18-29-45(6)53-33-23-24-35-55-56-36-26-37-59(64(56)68-63(53)55)65-58-41-40-46(7)57-43-48(9)60(39-20-17-19-34-54(57)58)66(51-32-25-28-44(5)42-51)61(38-16-12-2)49(10)67-62(47(8)27-13-3)52(14-4)50-30-21-22-31-50/h13-14,16,19-20,23-28,32-34,36-42,45,50,65H,11-12,15,17-18,21-22,29-31,35,43H2,1-10H3/b27-13-,34-19-,38-16-,39-20-,52-14-,60-48+,61-49-,62-47+. The Bertz CT molecular complexity index is 2740. The summed E-state index contributed by atoms with van der Waals surface area (Å²) in [5.74, 6) is 3.83. The maximum absolute atomic E-state index is 7.26. The Kier molecular flexibility index (Phi) is 17.5. The predicted molar refractivity (Wildman–Crippen MR) is 294 cm³/mol. The Morgan fingerprint density at radius 3 is 2.44 bits per heavy atom. The van der Waals surface area contributed by atoms with Gasteiger partial charge in [0.05, 0.1) is 11.4 Å². The van der Waals surface area contributed by atoms with E-state index in [4.69, 9.17) is 9.15 Å². The molecule has 0 bridgehead atoms. The van der Waals surface area contributed by atoms with Gasteiger partial charge in [0.2, 0.25) is 0 Å². The molecule has 1 N–H and O–H groups in total. The molecule has 1 heterocycles. The first kappa shape index (κ1) is 49.9. The second kappa shape index (κ2) is 23.8. The van der Waals surface area contributed by atoms with Crippen LogP contribution in [0.15, 0.2) is 165 Å². The molecule has 3 aromatic carbocycles. The lowest BCUT2D eigenvalue weighted by Crippen LogP contribution is -2.24. The van der Waals surface area contributed by atoms with Gasteiger partial charge in [-0.25, -0.2) is 0 Å². The van der Waals surface area contributed by atoms with Crippen LogP contribution >= 0.6 is 0 Å². The minimum absolute atomic E-state index is 0.423. The van der Waals surface area contributed by atoms with E-state index in [-0.39, 0.29) is 0 Å². The van der Waals surface area contributed by atoms with Crippen LogP contribution in [0.4, 0.5) is 17.1 Å². The number of unbranched alkanes of at least 4 members (excludes halogenated alkanes) is 2. The molecule has 1 unspecified atom stereocenters. The van der Waals surface area contributed by atoms with Crippen LogP contribution in [0.25, 0.3) is 22.6 Å². The molecule has 7 rings (SSSR count). The highest BCUT2D eigenvalue weighted by molar-refractivity contribution is 5.97. The Morgan fingerprint density at radius 1 is 0.897 bits per heavy atom. The van der Waals surface area contributed by atoms with Gasteiger partial charge in [0.25, 0.3) is 0 Å². The van der Waals surface area contributed by atoms with Gasteiger partial charge in [-0.1, -0.05) is 144 Å². The second-order valence-corrected chi connectivity index (χ2v) is 19.3. The summed E-state index contributed by atoms with van der Waals surface area (Å²) < 4.78 is 14.3. The zero-order valence-corrected chi connectivity index (χ0v) is 43.0. The van der Waals surface area contributed by atoms with Crippen LogP contribution in [0.5, 0.6) is 0 Å². The summed E-state index contributed by atoms with van der Waals surface area (Å²) in [6.45, 7) is 22.2. The lowest BCUT2D eigenvalue weighted by atomic mass is 9.91. The number of nitrogens with one attached hydrogen (secondary N) is 1. The van der Waals surface area contributed by atoms with Crippen LogP contribution in [-0.2, 0) is 17.6 Å². The highest BCUT2D eigenvalue weighted by Crippen LogP contribution is 2.43. The first-order chi connectivity index (χ1) is 33.1. The van der Waals surface area contributed by atoms with Gasteiger partial charge in [-0.3, -0.25) is 0 Å². The number of nitrogens with zero attached hydrogens (tertiary/aromatic N) is 1. The van der Waals surface area contributed by atoms with E-state index in [1.54, 1.807) is 0 Å². The number of furan rings is 1. The zero-order valence-electron chi connectivity index (χ0n) is 43.0. The van der Waals surface area contributed by atoms with Crippen molar-refractivity contribution in [2.45, 2.75) is 146 Å². The summed E-state index contributed by atoms with van der Waals surface area (Å²) in [5.41, 5.74) is 17.6. The van der Waals surface area contributed by atoms with E-state index in [0.29, 0.717) is 11.8 Å². The average molecular weight is 907 g/mol. The zero-order chi connectivity index (χ0) is 48.2. The molecule has 3 aliphatic carbocycles. The van der Waals surface area contributed by atoms with Crippen LogP contribution < -0.4 is 10.2 Å². The van der Waals surface area contributed by atoms with E-state index in [2.05, 4.69) is 207 Å². The van der Waals surface area contributed by atoms with Crippen LogP contribution in [0, 0.1) is 25.7 Å². The van der Waals surface area contributed by atoms with E-state index in [1.807, 2.05) is 0 Å². The van der Waals surface area contributed by atoms with E-state index in [0.717, 1.165) is 89.0 Å². The summed E-state index contributed by atoms with van der Waals surface area (Å²) >= 11 is 0. The molecule has 0 spiro atoms. The summed E-state index contributed by atoms with van der Waals surface area (Å²) in [4.78, 5) is 2.44. The molecule has 1 aromatic heterocycles. The molecule has 68 heavy (non-hydrogen) atoms. The summed E-state index contributed by atoms with van der Waals surface area (Å²) in [7, 11) is 0. The highest BCUT2D eigenvalue weighted by atomic mass is 16.5. The number of fused-ring (bicyclic) bond motifs is 4. The van der Waals surface area contributed by atoms with Gasteiger partial charge in [-0.15, -0.1) is 0 Å². The van der Waals surface area contributed by atoms with Crippen LogP contribution in [0.2, 0.25) is 0 Å². The van der Waals surface area contributed by atoms with Gasteiger partial charge in [0.1, 0.15) is 17.3 Å². The monoisotopic (exact) mass is 907 g/mol. The number of aryl methyl sites for hydroxylation is 2. The normalized spacial score (nSPS) is 19.0. The smallest absolute Gasteiger partial charge is 0.158 e. The fourth-order valence-electron chi connectivity index (χ4n) is 10.5. The molecule has 3 aliphatic rings. The molecule has 1 atom stereocenters. The van der Waals surface area contributed by atoms with Crippen molar-refractivity contribution in [3.8, 4) is 0 Å². The van der Waals surface area contributed by atoms with Crippen molar-refractivity contribution < 1.29 is 9.15 Å². The molecule has 4 nitrogen and oxygen atoms in total. The van der Waals surface area contributed by atoms with E-state index >= 15 is 0 Å². The molecule has 0 aliphatic heterocycles. The first-order valence-electron chi connectivity index (χ1n) is 25.8. The van der Waals surface area contributed by atoms with Crippen molar-refractivity contribution in [2.75, 3.05) is 10.2 Å². The third-order valence-electron chi connectivity index (χ3n) is 14.2. The van der Waals surface area contributed by atoms with Gasteiger partial charge in [0, 0.05) is 33.6 Å². The largest absolute Gasteiger partial charge is 0.459 e. The first-order valence-corrected chi connectivity index (χ1v) is 25.8. The topological polar surface area (TPSA) is 37.6 Å². The minimum Gasteiger partial charge on any atom is -0.459 e.